The van der Waals surface area contributed by atoms with E-state index in [1.54, 1.807) is 0 Å². The Kier molecular flexibility index (Phi) is 3.65. The van der Waals surface area contributed by atoms with Gasteiger partial charge in [-0.3, -0.25) is 0 Å². The summed E-state index contributed by atoms with van der Waals surface area (Å²) in [6, 6.07) is 0. The molecule has 2 rings (SSSR count). The SMILES string of the molecule is CN(CC1CC1)CC1(CN)CCOCC1. The van der Waals surface area contributed by atoms with Gasteiger partial charge in [-0.1, -0.05) is 0 Å². The highest BCUT2D eigenvalue weighted by atomic mass is 16.5. The van der Waals surface area contributed by atoms with Gasteiger partial charge in [-0.25, -0.2) is 0 Å². The molecule has 0 bridgehead atoms. The topological polar surface area (TPSA) is 38.5 Å². The fourth-order valence-electron chi connectivity index (χ4n) is 2.61. The lowest BCUT2D eigenvalue weighted by Gasteiger charge is -2.39. The minimum atomic E-state index is 0.335. The van der Waals surface area contributed by atoms with Crippen LogP contribution in [0.3, 0.4) is 0 Å². The van der Waals surface area contributed by atoms with Gasteiger partial charge in [-0.05, 0) is 50.6 Å². The number of hydrogen-bond donors (Lipinski definition) is 1. The van der Waals surface area contributed by atoms with E-state index in [9.17, 15) is 0 Å². The summed E-state index contributed by atoms with van der Waals surface area (Å²) in [7, 11) is 2.24. The summed E-state index contributed by atoms with van der Waals surface area (Å²) in [6.45, 7) is 5.03. The van der Waals surface area contributed by atoms with E-state index in [4.69, 9.17) is 10.5 Å². The van der Waals surface area contributed by atoms with Gasteiger partial charge in [-0.15, -0.1) is 0 Å². The van der Waals surface area contributed by atoms with Crippen molar-refractivity contribution in [1.29, 1.82) is 0 Å². The number of nitrogens with zero attached hydrogens (tertiary/aromatic N) is 1. The maximum absolute atomic E-state index is 5.95. The second kappa shape index (κ2) is 4.81. The van der Waals surface area contributed by atoms with Crippen LogP contribution in [0.15, 0.2) is 0 Å². The first-order valence-electron chi connectivity index (χ1n) is 6.20. The van der Waals surface area contributed by atoms with Crippen molar-refractivity contribution in [3.63, 3.8) is 0 Å². The van der Waals surface area contributed by atoms with Gasteiger partial charge < -0.3 is 15.4 Å². The van der Waals surface area contributed by atoms with E-state index in [2.05, 4.69) is 11.9 Å². The highest BCUT2D eigenvalue weighted by Gasteiger charge is 2.33. The van der Waals surface area contributed by atoms with Crippen molar-refractivity contribution in [3.8, 4) is 0 Å². The van der Waals surface area contributed by atoms with Gasteiger partial charge in [0.05, 0.1) is 0 Å². The fraction of sp³-hybridized carbons (Fsp3) is 1.00. The lowest BCUT2D eigenvalue weighted by atomic mass is 9.80. The van der Waals surface area contributed by atoms with E-state index < -0.39 is 0 Å². The smallest absolute Gasteiger partial charge is 0.0472 e. The van der Waals surface area contributed by atoms with Crippen LogP contribution >= 0.6 is 0 Å². The number of nitrogens with two attached hydrogens (primary N) is 1. The van der Waals surface area contributed by atoms with Crippen LogP contribution in [-0.2, 0) is 4.74 Å². The maximum Gasteiger partial charge on any atom is 0.0472 e. The summed E-state index contributed by atoms with van der Waals surface area (Å²) in [4.78, 5) is 2.48. The van der Waals surface area contributed by atoms with E-state index in [0.29, 0.717) is 5.41 Å². The average molecular weight is 212 g/mol. The Hall–Kier alpha value is -0.120. The molecule has 0 aromatic carbocycles. The Morgan fingerprint density at radius 3 is 2.53 bits per heavy atom. The first kappa shape index (κ1) is 11.4. The first-order chi connectivity index (χ1) is 7.24. The van der Waals surface area contributed by atoms with Crippen molar-refractivity contribution in [2.24, 2.45) is 17.1 Å². The molecule has 0 unspecified atom stereocenters. The van der Waals surface area contributed by atoms with Crippen LogP contribution in [0.25, 0.3) is 0 Å². The molecule has 1 aliphatic carbocycles. The Morgan fingerprint density at radius 2 is 2.00 bits per heavy atom. The number of rotatable bonds is 5. The zero-order chi connectivity index (χ0) is 10.7. The van der Waals surface area contributed by atoms with Crippen LogP contribution in [0.1, 0.15) is 25.7 Å². The minimum absolute atomic E-state index is 0.335. The second-order valence-electron chi connectivity index (χ2n) is 5.46. The highest BCUT2D eigenvalue weighted by Crippen LogP contribution is 2.33. The maximum atomic E-state index is 5.95. The molecule has 0 amide bonds. The summed E-state index contributed by atoms with van der Waals surface area (Å²) in [5.74, 6) is 0.977. The molecule has 1 heterocycles. The molecule has 2 N–H and O–H groups in total. The van der Waals surface area contributed by atoms with E-state index in [-0.39, 0.29) is 0 Å². The summed E-state index contributed by atoms with van der Waals surface area (Å²) >= 11 is 0. The highest BCUT2D eigenvalue weighted by molar-refractivity contribution is 4.87. The molecule has 1 saturated carbocycles. The molecule has 2 aliphatic rings. The molecule has 2 fully saturated rings. The number of hydrogen-bond acceptors (Lipinski definition) is 3. The largest absolute Gasteiger partial charge is 0.381 e. The van der Waals surface area contributed by atoms with Crippen molar-refractivity contribution in [1.82, 2.24) is 4.90 Å². The second-order valence-corrected chi connectivity index (χ2v) is 5.46. The summed E-state index contributed by atoms with van der Waals surface area (Å²) in [5, 5.41) is 0. The predicted molar refractivity (Wildman–Crippen MR) is 61.8 cm³/mol. The van der Waals surface area contributed by atoms with E-state index in [0.717, 1.165) is 45.1 Å². The normalized spacial score (nSPS) is 25.8. The van der Waals surface area contributed by atoms with Crippen LogP contribution in [0.2, 0.25) is 0 Å². The lowest BCUT2D eigenvalue weighted by molar-refractivity contribution is 0.00320. The van der Waals surface area contributed by atoms with Crippen LogP contribution in [0.4, 0.5) is 0 Å². The van der Waals surface area contributed by atoms with Gasteiger partial charge in [0.2, 0.25) is 0 Å². The van der Waals surface area contributed by atoms with Gasteiger partial charge in [0.25, 0.3) is 0 Å². The molecule has 15 heavy (non-hydrogen) atoms. The molecular formula is C12H24N2O. The van der Waals surface area contributed by atoms with E-state index in [1.807, 2.05) is 0 Å². The molecule has 88 valence electrons. The van der Waals surface area contributed by atoms with Crippen LogP contribution in [-0.4, -0.2) is 44.8 Å². The molecular weight excluding hydrogens is 188 g/mol. The molecule has 3 heteroatoms. The molecule has 0 spiro atoms. The summed E-state index contributed by atoms with van der Waals surface area (Å²) < 4.78 is 5.43. The Morgan fingerprint density at radius 1 is 1.33 bits per heavy atom. The average Bonchev–Trinajstić information content (AvgIpc) is 3.03. The zero-order valence-corrected chi connectivity index (χ0v) is 9.87. The Bertz CT molecular complexity index is 198. The van der Waals surface area contributed by atoms with E-state index in [1.165, 1.54) is 19.4 Å². The van der Waals surface area contributed by atoms with Crippen molar-refractivity contribution in [2.45, 2.75) is 25.7 Å². The van der Waals surface area contributed by atoms with Gasteiger partial charge in [0, 0.05) is 26.3 Å². The Balaban J connectivity index is 1.81. The molecule has 1 aliphatic heterocycles. The van der Waals surface area contributed by atoms with Crippen molar-refractivity contribution >= 4 is 0 Å². The Labute approximate surface area is 93.0 Å². The third-order valence-electron chi connectivity index (χ3n) is 3.86. The van der Waals surface area contributed by atoms with Crippen molar-refractivity contribution < 1.29 is 4.74 Å². The molecule has 1 saturated heterocycles. The monoisotopic (exact) mass is 212 g/mol. The van der Waals surface area contributed by atoms with Gasteiger partial charge in [0.15, 0.2) is 0 Å². The molecule has 0 aromatic rings. The van der Waals surface area contributed by atoms with Gasteiger partial charge in [-0.2, -0.15) is 0 Å². The van der Waals surface area contributed by atoms with E-state index >= 15 is 0 Å². The number of ether oxygens (including phenoxy) is 1. The first-order valence-corrected chi connectivity index (χ1v) is 6.20. The van der Waals surface area contributed by atoms with Gasteiger partial charge in [0.1, 0.15) is 0 Å². The standard InChI is InChI=1S/C12H24N2O/c1-14(8-11-2-3-11)10-12(9-13)4-6-15-7-5-12/h11H,2-10,13H2,1H3. The molecule has 0 aromatic heterocycles. The van der Waals surface area contributed by atoms with Crippen LogP contribution in [0.5, 0.6) is 0 Å². The lowest BCUT2D eigenvalue weighted by Crippen LogP contribution is -2.45. The van der Waals surface area contributed by atoms with Crippen LogP contribution < -0.4 is 5.73 Å². The van der Waals surface area contributed by atoms with Gasteiger partial charge >= 0.3 is 0 Å². The molecule has 0 radical (unpaired) electrons. The quantitative estimate of drug-likeness (QED) is 0.741. The zero-order valence-electron chi connectivity index (χ0n) is 9.87. The predicted octanol–water partition coefficient (Wildman–Crippen LogP) is 1.08. The van der Waals surface area contributed by atoms with Crippen molar-refractivity contribution in [2.75, 3.05) is 39.9 Å². The summed E-state index contributed by atoms with van der Waals surface area (Å²) in [6.07, 6.45) is 5.14. The third-order valence-corrected chi connectivity index (χ3v) is 3.86. The molecule has 0 atom stereocenters. The van der Waals surface area contributed by atoms with Crippen LogP contribution in [0, 0.1) is 11.3 Å². The third kappa shape index (κ3) is 3.16. The fourth-order valence-corrected chi connectivity index (χ4v) is 2.61. The summed E-state index contributed by atoms with van der Waals surface area (Å²) in [5.41, 5.74) is 6.29. The minimum Gasteiger partial charge on any atom is -0.381 e. The molecule has 3 nitrogen and oxygen atoms in total. The van der Waals surface area contributed by atoms with Crippen molar-refractivity contribution in [3.05, 3.63) is 0 Å².